The van der Waals surface area contributed by atoms with Crippen molar-refractivity contribution in [3.05, 3.63) is 58.9 Å². The molecule has 0 aliphatic heterocycles. The molecule has 0 bridgehead atoms. The van der Waals surface area contributed by atoms with Crippen molar-refractivity contribution in [2.45, 2.75) is 98.8 Å². The topological polar surface area (TPSA) is 82.4 Å². The first kappa shape index (κ1) is 31.6. The predicted octanol–water partition coefficient (Wildman–Crippen LogP) is 6.85. The molecule has 0 saturated carbocycles. The van der Waals surface area contributed by atoms with E-state index in [0.29, 0.717) is 18.4 Å². The van der Waals surface area contributed by atoms with Crippen LogP contribution >= 0.6 is 0 Å². The molecule has 0 radical (unpaired) electrons. The van der Waals surface area contributed by atoms with Crippen molar-refractivity contribution in [3.8, 4) is 11.1 Å². The van der Waals surface area contributed by atoms with Crippen LogP contribution in [0.2, 0.25) is 0 Å². The zero-order valence-electron chi connectivity index (χ0n) is 24.2. The molecule has 0 aromatic heterocycles. The van der Waals surface area contributed by atoms with Crippen molar-refractivity contribution in [2.75, 3.05) is 6.61 Å². The molecule has 6 heteroatoms. The molecule has 5 nitrogen and oxygen atoms in total. The highest BCUT2D eigenvalue weighted by Gasteiger charge is 2.32. The van der Waals surface area contributed by atoms with E-state index < -0.39 is 12.2 Å². The molecule has 0 aliphatic carbocycles. The Hall–Kier alpha value is -2.57. The third-order valence-electron chi connectivity index (χ3n) is 7.94. The van der Waals surface area contributed by atoms with Gasteiger partial charge in [-0.25, -0.2) is 4.39 Å². The van der Waals surface area contributed by atoms with Crippen LogP contribution in [0.4, 0.5) is 4.39 Å². The normalized spacial score (nSPS) is 15.0. The Bertz CT molecular complexity index is 1070. The van der Waals surface area contributed by atoms with Crippen LogP contribution in [-0.4, -0.2) is 42.1 Å². The predicted molar refractivity (Wildman–Crippen MR) is 154 cm³/mol. The maximum atomic E-state index is 15.3. The second-order valence-corrected chi connectivity index (χ2v) is 11.2. The van der Waals surface area contributed by atoms with Crippen LogP contribution < -0.4 is 5.32 Å². The van der Waals surface area contributed by atoms with Gasteiger partial charge in [0.2, 0.25) is 5.91 Å². The number of hydrogen-bond donors (Lipinski definition) is 3. The van der Waals surface area contributed by atoms with Gasteiger partial charge >= 0.3 is 0 Å². The van der Waals surface area contributed by atoms with E-state index in [4.69, 9.17) is 10.1 Å². The van der Waals surface area contributed by atoms with Gasteiger partial charge in [-0.1, -0.05) is 78.3 Å². The number of aliphatic hydroxyl groups is 1. The van der Waals surface area contributed by atoms with Crippen molar-refractivity contribution in [1.29, 1.82) is 5.41 Å². The highest BCUT2D eigenvalue weighted by Crippen LogP contribution is 2.30. The zero-order valence-corrected chi connectivity index (χ0v) is 24.2. The minimum absolute atomic E-state index is 0.108. The molecule has 210 valence electrons. The van der Waals surface area contributed by atoms with Gasteiger partial charge in [-0.3, -0.25) is 4.79 Å². The SMILES string of the molecule is CCCC(C)C(O)COC(CC)C(=O)NC(Cc1ccc(-c2ccc(C=N)c(C)c2)cc1F)C(C)(C)CC. The molecule has 2 rings (SSSR count). The summed E-state index contributed by atoms with van der Waals surface area (Å²) < 4.78 is 21.2. The number of aliphatic hydroxyl groups excluding tert-OH is 1. The van der Waals surface area contributed by atoms with Gasteiger partial charge in [-0.2, -0.15) is 0 Å². The van der Waals surface area contributed by atoms with Gasteiger partial charge in [-0.15, -0.1) is 0 Å². The summed E-state index contributed by atoms with van der Waals surface area (Å²) in [7, 11) is 0. The molecule has 3 N–H and O–H groups in total. The summed E-state index contributed by atoms with van der Waals surface area (Å²) in [5.41, 5.74) is 3.76. The maximum Gasteiger partial charge on any atom is 0.249 e. The van der Waals surface area contributed by atoms with Crippen molar-refractivity contribution in [2.24, 2.45) is 11.3 Å². The van der Waals surface area contributed by atoms with Crippen LogP contribution in [0.25, 0.3) is 11.1 Å². The Morgan fingerprint density at radius 1 is 1.16 bits per heavy atom. The first-order chi connectivity index (χ1) is 18.0. The fourth-order valence-corrected chi connectivity index (χ4v) is 4.57. The quantitative estimate of drug-likeness (QED) is 0.222. The van der Waals surface area contributed by atoms with E-state index in [1.54, 1.807) is 12.1 Å². The molecule has 0 fully saturated rings. The molecule has 0 aliphatic rings. The third-order valence-corrected chi connectivity index (χ3v) is 7.94. The molecular formula is C32H47FN2O3. The van der Waals surface area contributed by atoms with E-state index in [1.807, 2.05) is 45.0 Å². The number of ether oxygens (including phenoxy) is 1. The number of hydrogen-bond acceptors (Lipinski definition) is 4. The maximum absolute atomic E-state index is 15.3. The number of carbonyl (C=O) groups is 1. The second kappa shape index (κ2) is 14.5. The van der Waals surface area contributed by atoms with Crippen LogP contribution in [0.5, 0.6) is 0 Å². The first-order valence-electron chi connectivity index (χ1n) is 14.0. The van der Waals surface area contributed by atoms with Gasteiger partial charge < -0.3 is 20.6 Å². The van der Waals surface area contributed by atoms with Gasteiger partial charge in [0.25, 0.3) is 0 Å². The van der Waals surface area contributed by atoms with Crippen molar-refractivity contribution >= 4 is 12.1 Å². The van der Waals surface area contributed by atoms with Gasteiger partial charge in [-0.05, 0) is 77.8 Å². The van der Waals surface area contributed by atoms with Crippen LogP contribution in [0.1, 0.15) is 83.9 Å². The van der Waals surface area contributed by atoms with Crippen LogP contribution in [-0.2, 0) is 16.0 Å². The molecule has 0 spiro atoms. The van der Waals surface area contributed by atoms with Gasteiger partial charge in [0.05, 0.1) is 12.7 Å². The van der Waals surface area contributed by atoms with E-state index in [9.17, 15) is 9.90 Å². The molecule has 4 atom stereocenters. The van der Waals surface area contributed by atoms with Crippen LogP contribution in [0.3, 0.4) is 0 Å². The third kappa shape index (κ3) is 8.47. The molecular weight excluding hydrogens is 479 g/mol. The summed E-state index contributed by atoms with van der Waals surface area (Å²) in [6.45, 7) is 14.2. The largest absolute Gasteiger partial charge is 0.390 e. The Labute approximate surface area is 228 Å². The summed E-state index contributed by atoms with van der Waals surface area (Å²) >= 11 is 0. The number of amides is 1. The summed E-state index contributed by atoms with van der Waals surface area (Å²) in [6.07, 6.45) is 3.57. The van der Waals surface area contributed by atoms with Crippen molar-refractivity contribution in [1.82, 2.24) is 5.32 Å². The minimum atomic E-state index is -0.673. The zero-order chi connectivity index (χ0) is 28.5. The standard InChI is InChI=1S/C32H47FN2O3/c1-8-11-21(4)28(36)20-38-29(9-2)31(37)35-30(32(6,7)10-3)18-25-14-12-24(17-27(25)33)23-13-15-26(19-34)22(5)16-23/h12-17,19,21,28-30,34,36H,8-11,18,20H2,1-7H3,(H,35,37). The monoisotopic (exact) mass is 526 g/mol. The molecule has 2 aromatic carbocycles. The number of aryl methyl sites for hydroxylation is 1. The highest BCUT2D eigenvalue weighted by molar-refractivity contribution is 5.81. The Balaban J connectivity index is 2.19. The summed E-state index contributed by atoms with van der Waals surface area (Å²) in [5.74, 6) is -0.428. The molecule has 2 aromatic rings. The molecule has 38 heavy (non-hydrogen) atoms. The lowest BCUT2D eigenvalue weighted by atomic mass is 9.78. The van der Waals surface area contributed by atoms with Crippen LogP contribution in [0, 0.1) is 29.5 Å². The fourth-order valence-electron chi connectivity index (χ4n) is 4.57. The van der Waals surface area contributed by atoms with Crippen molar-refractivity contribution < 1.29 is 19.0 Å². The smallest absolute Gasteiger partial charge is 0.249 e. The van der Waals surface area contributed by atoms with E-state index in [-0.39, 0.29) is 35.7 Å². The number of benzene rings is 2. The minimum Gasteiger partial charge on any atom is -0.390 e. The van der Waals surface area contributed by atoms with Gasteiger partial charge in [0.15, 0.2) is 0 Å². The first-order valence-corrected chi connectivity index (χ1v) is 14.0. The Morgan fingerprint density at radius 2 is 1.82 bits per heavy atom. The lowest BCUT2D eigenvalue weighted by Crippen LogP contribution is -2.50. The number of rotatable bonds is 15. The lowest BCUT2D eigenvalue weighted by Gasteiger charge is -2.35. The van der Waals surface area contributed by atoms with Crippen LogP contribution in [0.15, 0.2) is 36.4 Å². The van der Waals surface area contributed by atoms with E-state index in [0.717, 1.165) is 41.5 Å². The summed E-state index contributed by atoms with van der Waals surface area (Å²) in [4.78, 5) is 13.2. The fraction of sp³-hybridized carbons (Fsp3) is 0.562. The molecule has 0 saturated heterocycles. The Kier molecular flexibility index (Phi) is 12.1. The summed E-state index contributed by atoms with van der Waals surface area (Å²) in [5, 5.41) is 21.0. The van der Waals surface area contributed by atoms with E-state index >= 15 is 4.39 Å². The number of nitrogens with one attached hydrogen (secondary N) is 2. The number of carbonyl (C=O) groups excluding carboxylic acids is 1. The lowest BCUT2D eigenvalue weighted by molar-refractivity contribution is -0.137. The highest BCUT2D eigenvalue weighted by atomic mass is 19.1. The average molecular weight is 527 g/mol. The molecule has 1 amide bonds. The molecule has 4 unspecified atom stereocenters. The van der Waals surface area contributed by atoms with E-state index in [2.05, 4.69) is 33.0 Å². The van der Waals surface area contributed by atoms with Crippen molar-refractivity contribution in [3.63, 3.8) is 0 Å². The molecule has 0 heterocycles. The summed E-state index contributed by atoms with van der Waals surface area (Å²) in [6, 6.07) is 10.7. The Morgan fingerprint density at radius 3 is 2.37 bits per heavy atom. The van der Waals surface area contributed by atoms with Gasteiger partial charge in [0, 0.05) is 12.3 Å². The number of halogens is 1. The average Bonchev–Trinajstić information content (AvgIpc) is 2.89. The van der Waals surface area contributed by atoms with Gasteiger partial charge in [0.1, 0.15) is 11.9 Å². The second-order valence-electron chi connectivity index (χ2n) is 11.2. The van der Waals surface area contributed by atoms with E-state index in [1.165, 1.54) is 6.21 Å².